The quantitative estimate of drug-likeness (QED) is 0.808. The number of anilines is 1. The molecule has 0 unspecified atom stereocenters. The molecule has 0 saturated heterocycles. The fraction of sp³-hybridized carbons (Fsp3) is 0.538. The average molecular weight is 250 g/mol. The zero-order chi connectivity index (χ0) is 13.0. The van der Waals surface area contributed by atoms with E-state index in [0.29, 0.717) is 5.82 Å². The highest BCUT2D eigenvalue weighted by Gasteiger charge is 2.36. The molecule has 0 spiro atoms. The number of hydrogen-bond donors (Lipinski definition) is 2. The number of aromatic carboxylic acids is 1. The van der Waals surface area contributed by atoms with E-state index in [4.69, 9.17) is 9.84 Å². The predicted octanol–water partition coefficient (Wildman–Crippen LogP) is 2.01. The van der Waals surface area contributed by atoms with Crippen molar-refractivity contribution >= 4 is 11.8 Å². The van der Waals surface area contributed by atoms with Crippen molar-refractivity contribution in [3.05, 3.63) is 23.9 Å². The summed E-state index contributed by atoms with van der Waals surface area (Å²) in [5.41, 5.74) is 0.254. The maximum absolute atomic E-state index is 10.8. The first kappa shape index (κ1) is 12.8. The summed E-state index contributed by atoms with van der Waals surface area (Å²) in [7, 11) is 1.71. The second kappa shape index (κ2) is 5.35. The van der Waals surface area contributed by atoms with Gasteiger partial charge >= 0.3 is 5.97 Å². The van der Waals surface area contributed by atoms with Gasteiger partial charge in [0.25, 0.3) is 0 Å². The van der Waals surface area contributed by atoms with Gasteiger partial charge in [-0.05, 0) is 25.0 Å². The summed E-state index contributed by atoms with van der Waals surface area (Å²) in [6.45, 7) is 1.51. The normalized spacial score (nSPS) is 16.9. The summed E-state index contributed by atoms with van der Waals surface area (Å²) in [5, 5.41) is 12.1. The van der Waals surface area contributed by atoms with Crippen molar-refractivity contribution < 1.29 is 14.6 Å². The van der Waals surface area contributed by atoms with E-state index >= 15 is 0 Å². The molecule has 1 aliphatic rings. The molecule has 0 amide bonds. The number of nitrogens with zero attached hydrogens (tertiary/aromatic N) is 1. The van der Waals surface area contributed by atoms with Crippen LogP contribution in [0.3, 0.4) is 0 Å². The van der Waals surface area contributed by atoms with E-state index in [1.807, 2.05) is 0 Å². The fourth-order valence-corrected chi connectivity index (χ4v) is 2.29. The van der Waals surface area contributed by atoms with Gasteiger partial charge in [0, 0.05) is 19.1 Å². The number of carboxylic acid groups (broad SMARTS) is 1. The smallest absolute Gasteiger partial charge is 0.354 e. The Kier molecular flexibility index (Phi) is 3.81. The van der Waals surface area contributed by atoms with Gasteiger partial charge in [-0.15, -0.1) is 0 Å². The van der Waals surface area contributed by atoms with Crippen LogP contribution in [0.25, 0.3) is 0 Å². The number of carbonyl (C=O) groups is 1. The molecule has 0 atom stereocenters. The van der Waals surface area contributed by atoms with E-state index in [1.54, 1.807) is 19.2 Å². The Hall–Kier alpha value is -1.62. The van der Waals surface area contributed by atoms with Crippen molar-refractivity contribution in [3.63, 3.8) is 0 Å². The number of pyridine rings is 1. The lowest BCUT2D eigenvalue weighted by Gasteiger charge is -2.41. The van der Waals surface area contributed by atoms with Crippen molar-refractivity contribution in [2.45, 2.75) is 19.3 Å². The summed E-state index contributed by atoms with van der Waals surface area (Å²) in [5.74, 6) is -0.397. The fourth-order valence-electron chi connectivity index (χ4n) is 2.29. The molecule has 18 heavy (non-hydrogen) atoms. The minimum Gasteiger partial charge on any atom is -0.477 e. The number of nitrogens with one attached hydrogen (secondary N) is 1. The molecule has 0 aliphatic heterocycles. The van der Waals surface area contributed by atoms with Crippen LogP contribution in [0.15, 0.2) is 18.2 Å². The number of methoxy groups -OCH3 is 1. The van der Waals surface area contributed by atoms with E-state index in [0.717, 1.165) is 26.0 Å². The first-order valence-electron chi connectivity index (χ1n) is 6.08. The molecule has 1 aromatic heterocycles. The number of ether oxygens (including phenoxy) is 1. The maximum atomic E-state index is 10.8. The molecule has 2 rings (SSSR count). The average Bonchev–Trinajstić information content (AvgIpc) is 2.33. The van der Waals surface area contributed by atoms with Crippen molar-refractivity contribution in [2.24, 2.45) is 5.41 Å². The van der Waals surface area contributed by atoms with Gasteiger partial charge in [-0.25, -0.2) is 9.78 Å². The third kappa shape index (κ3) is 2.79. The SMILES string of the molecule is COCC1(CNc2cccc(C(=O)O)n2)CCC1. The summed E-state index contributed by atoms with van der Waals surface area (Å²) in [6.07, 6.45) is 3.52. The molecule has 5 nitrogen and oxygen atoms in total. The van der Waals surface area contributed by atoms with Gasteiger partial charge in [0.2, 0.25) is 0 Å². The molecule has 0 radical (unpaired) electrons. The highest BCUT2D eigenvalue weighted by atomic mass is 16.5. The van der Waals surface area contributed by atoms with Crippen LogP contribution in [-0.2, 0) is 4.74 Å². The summed E-state index contributed by atoms with van der Waals surface area (Å²) in [6, 6.07) is 4.97. The van der Waals surface area contributed by atoms with E-state index in [2.05, 4.69) is 10.3 Å². The minimum atomic E-state index is -1.01. The van der Waals surface area contributed by atoms with E-state index in [9.17, 15) is 4.79 Å². The van der Waals surface area contributed by atoms with Gasteiger partial charge in [-0.2, -0.15) is 0 Å². The van der Waals surface area contributed by atoms with Crippen LogP contribution in [0, 0.1) is 5.41 Å². The molecular formula is C13H18N2O3. The second-order valence-electron chi connectivity index (χ2n) is 4.85. The van der Waals surface area contributed by atoms with Crippen LogP contribution in [0.4, 0.5) is 5.82 Å². The van der Waals surface area contributed by atoms with Gasteiger partial charge in [-0.1, -0.05) is 12.5 Å². The van der Waals surface area contributed by atoms with E-state index in [1.165, 1.54) is 12.5 Å². The largest absolute Gasteiger partial charge is 0.477 e. The lowest BCUT2D eigenvalue weighted by molar-refractivity contribution is 0.0282. The van der Waals surface area contributed by atoms with Crippen molar-refractivity contribution in [1.29, 1.82) is 0 Å². The van der Waals surface area contributed by atoms with Gasteiger partial charge in [0.05, 0.1) is 6.61 Å². The number of hydrogen-bond acceptors (Lipinski definition) is 4. The van der Waals surface area contributed by atoms with Crippen molar-refractivity contribution in [2.75, 3.05) is 25.6 Å². The molecule has 1 fully saturated rings. The molecule has 1 saturated carbocycles. The van der Waals surface area contributed by atoms with Crippen LogP contribution < -0.4 is 5.32 Å². The van der Waals surface area contributed by atoms with E-state index in [-0.39, 0.29) is 11.1 Å². The van der Waals surface area contributed by atoms with Crippen molar-refractivity contribution in [1.82, 2.24) is 4.98 Å². The van der Waals surface area contributed by atoms with Crippen LogP contribution in [0.5, 0.6) is 0 Å². The molecule has 1 aliphatic carbocycles. The first-order valence-corrected chi connectivity index (χ1v) is 6.08. The molecular weight excluding hydrogens is 232 g/mol. The van der Waals surface area contributed by atoms with Crippen molar-refractivity contribution in [3.8, 4) is 0 Å². The maximum Gasteiger partial charge on any atom is 0.354 e. The Morgan fingerprint density at radius 1 is 1.56 bits per heavy atom. The van der Waals surface area contributed by atoms with Crippen LogP contribution in [0.1, 0.15) is 29.8 Å². The number of aromatic nitrogens is 1. The number of carboxylic acids is 1. The van der Waals surface area contributed by atoms with E-state index < -0.39 is 5.97 Å². The molecule has 1 aromatic rings. The molecule has 98 valence electrons. The molecule has 5 heteroatoms. The first-order chi connectivity index (χ1) is 8.65. The number of rotatable bonds is 6. The Labute approximate surface area is 106 Å². The Morgan fingerprint density at radius 3 is 2.89 bits per heavy atom. The topological polar surface area (TPSA) is 71.5 Å². The molecule has 0 aromatic carbocycles. The van der Waals surface area contributed by atoms with Gasteiger partial charge in [-0.3, -0.25) is 0 Å². The molecule has 1 heterocycles. The standard InChI is InChI=1S/C13H18N2O3/c1-18-9-13(6-3-7-13)8-14-11-5-2-4-10(15-11)12(16)17/h2,4-5H,3,6-9H2,1H3,(H,14,15)(H,16,17). The van der Waals surface area contributed by atoms with Gasteiger partial charge < -0.3 is 15.2 Å². The summed E-state index contributed by atoms with van der Waals surface area (Å²) >= 11 is 0. The summed E-state index contributed by atoms with van der Waals surface area (Å²) < 4.78 is 5.24. The zero-order valence-corrected chi connectivity index (χ0v) is 10.5. The molecule has 2 N–H and O–H groups in total. The molecule has 0 bridgehead atoms. The highest BCUT2D eigenvalue weighted by Crippen LogP contribution is 2.41. The summed E-state index contributed by atoms with van der Waals surface area (Å²) in [4.78, 5) is 14.9. The lowest BCUT2D eigenvalue weighted by Crippen LogP contribution is -2.40. The van der Waals surface area contributed by atoms with Crippen LogP contribution >= 0.6 is 0 Å². The third-order valence-electron chi connectivity index (χ3n) is 3.48. The lowest BCUT2D eigenvalue weighted by atomic mass is 9.69. The Balaban J connectivity index is 1.97. The second-order valence-corrected chi connectivity index (χ2v) is 4.85. The zero-order valence-electron chi connectivity index (χ0n) is 10.5. The minimum absolute atomic E-state index is 0.0643. The predicted molar refractivity (Wildman–Crippen MR) is 67.8 cm³/mol. The highest BCUT2D eigenvalue weighted by molar-refractivity contribution is 5.85. The monoisotopic (exact) mass is 250 g/mol. The van der Waals surface area contributed by atoms with Crippen LogP contribution in [-0.4, -0.2) is 36.3 Å². The van der Waals surface area contributed by atoms with Crippen LogP contribution in [0.2, 0.25) is 0 Å². The Morgan fingerprint density at radius 2 is 2.33 bits per heavy atom. The van der Waals surface area contributed by atoms with Gasteiger partial charge in [0.15, 0.2) is 5.69 Å². The van der Waals surface area contributed by atoms with Gasteiger partial charge in [0.1, 0.15) is 5.82 Å². The Bertz CT molecular complexity index is 430. The third-order valence-corrected chi connectivity index (χ3v) is 3.48.